The summed E-state index contributed by atoms with van der Waals surface area (Å²) in [5.41, 5.74) is 2.63. The summed E-state index contributed by atoms with van der Waals surface area (Å²) in [6, 6.07) is 1.67. The van der Waals surface area contributed by atoms with Crippen molar-refractivity contribution in [3.63, 3.8) is 0 Å². The lowest BCUT2D eigenvalue weighted by molar-refractivity contribution is -0.125. The quantitative estimate of drug-likeness (QED) is 0.854. The number of alkyl halides is 1. The molecule has 2 aromatic heterocycles. The van der Waals surface area contributed by atoms with Crippen molar-refractivity contribution in [2.75, 3.05) is 6.54 Å². The molecule has 1 saturated heterocycles. The van der Waals surface area contributed by atoms with E-state index in [-0.39, 0.29) is 17.8 Å². The normalized spacial score (nSPS) is 19.7. The number of carbonyl (C=O) groups is 1. The predicted octanol–water partition coefficient (Wildman–Crippen LogP) is 1.93. The minimum atomic E-state index is -0.248. The largest absolute Gasteiger partial charge is 0.354 e. The Morgan fingerprint density at radius 1 is 1.58 bits per heavy atom. The number of aryl methyl sites for hydroxylation is 1. The molecule has 0 radical (unpaired) electrons. The van der Waals surface area contributed by atoms with Crippen molar-refractivity contribution in [3.8, 4) is 0 Å². The molecule has 1 aliphatic rings. The minimum Gasteiger partial charge on any atom is -0.354 e. The summed E-state index contributed by atoms with van der Waals surface area (Å²) >= 11 is 5.98. The first kappa shape index (κ1) is 12.4. The number of nitrogens with zero attached hydrogens (tertiary/aromatic N) is 3. The molecule has 0 spiro atoms. The molecule has 100 valence electrons. The Kier molecular flexibility index (Phi) is 3.14. The van der Waals surface area contributed by atoms with Gasteiger partial charge >= 0.3 is 0 Å². The Hall–Kier alpha value is -1.62. The molecule has 0 aliphatic carbocycles. The van der Waals surface area contributed by atoms with Crippen LogP contribution >= 0.6 is 11.6 Å². The molecule has 6 heteroatoms. The first-order valence-corrected chi connectivity index (χ1v) is 6.92. The standard InChI is InChI=1S/C13H15ClN4O/c1-8-4-6-15-12-11(8)17-10(7-14)18(12)9-3-2-5-16-13(9)19/h4,6,9H,2-3,5,7H2,1H3,(H,16,19). The maximum atomic E-state index is 12.1. The zero-order valence-corrected chi connectivity index (χ0v) is 11.4. The van der Waals surface area contributed by atoms with Gasteiger partial charge in [-0.3, -0.25) is 9.36 Å². The molecular weight excluding hydrogens is 264 g/mol. The molecule has 2 aromatic rings. The zero-order chi connectivity index (χ0) is 13.4. The lowest BCUT2D eigenvalue weighted by Gasteiger charge is -2.24. The number of rotatable bonds is 2. The summed E-state index contributed by atoms with van der Waals surface area (Å²) < 4.78 is 1.89. The topological polar surface area (TPSA) is 59.8 Å². The van der Waals surface area contributed by atoms with Crippen molar-refractivity contribution in [3.05, 3.63) is 23.7 Å². The van der Waals surface area contributed by atoms with E-state index in [1.807, 2.05) is 17.6 Å². The van der Waals surface area contributed by atoms with Gasteiger partial charge in [0.25, 0.3) is 0 Å². The highest BCUT2D eigenvalue weighted by molar-refractivity contribution is 6.16. The minimum absolute atomic E-state index is 0.0280. The Morgan fingerprint density at radius 2 is 2.42 bits per heavy atom. The lowest BCUT2D eigenvalue weighted by Crippen LogP contribution is -2.38. The van der Waals surface area contributed by atoms with Gasteiger partial charge in [0.2, 0.25) is 5.91 Å². The van der Waals surface area contributed by atoms with Crippen LogP contribution < -0.4 is 5.32 Å². The molecule has 1 fully saturated rings. The van der Waals surface area contributed by atoms with Crippen molar-refractivity contribution in [2.45, 2.75) is 31.7 Å². The van der Waals surface area contributed by atoms with Crippen LogP contribution in [0.3, 0.4) is 0 Å². The third kappa shape index (κ3) is 1.98. The first-order chi connectivity index (χ1) is 9.22. The molecule has 19 heavy (non-hydrogen) atoms. The number of pyridine rings is 1. The van der Waals surface area contributed by atoms with Gasteiger partial charge in [-0.25, -0.2) is 9.97 Å². The molecule has 3 heterocycles. The van der Waals surface area contributed by atoms with Gasteiger partial charge in [0, 0.05) is 12.7 Å². The fourth-order valence-corrected chi connectivity index (χ4v) is 2.77. The smallest absolute Gasteiger partial charge is 0.243 e. The van der Waals surface area contributed by atoms with E-state index in [9.17, 15) is 4.79 Å². The van der Waals surface area contributed by atoms with E-state index in [0.29, 0.717) is 5.82 Å². The van der Waals surface area contributed by atoms with Crippen molar-refractivity contribution >= 4 is 28.7 Å². The number of fused-ring (bicyclic) bond motifs is 1. The van der Waals surface area contributed by atoms with E-state index in [4.69, 9.17) is 11.6 Å². The summed E-state index contributed by atoms with van der Waals surface area (Å²) in [6.07, 6.45) is 3.51. The number of hydrogen-bond donors (Lipinski definition) is 1. The van der Waals surface area contributed by atoms with Crippen LogP contribution in [0.25, 0.3) is 11.2 Å². The lowest BCUT2D eigenvalue weighted by atomic mass is 10.1. The van der Waals surface area contributed by atoms with Gasteiger partial charge in [0.05, 0.1) is 5.88 Å². The van der Waals surface area contributed by atoms with Crippen LogP contribution in [0, 0.1) is 6.92 Å². The van der Waals surface area contributed by atoms with Crippen molar-refractivity contribution in [1.29, 1.82) is 0 Å². The fraction of sp³-hybridized carbons (Fsp3) is 0.462. The Balaban J connectivity index is 2.20. The third-order valence-electron chi connectivity index (χ3n) is 3.54. The summed E-state index contributed by atoms with van der Waals surface area (Å²) in [7, 11) is 0. The maximum Gasteiger partial charge on any atom is 0.243 e. The summed E-state index contributed by atoms with van der Waals surface area (Å²) in [6.45, 7) is 2.73. The van der Waals surface area contributed by atoms with Gasteiger partial charge in [0.1, 0.15) is 17.4 Å². The molecule has 3 rings (SSSR count). The van der Waals surface area contributed by atoms with E-state index in [1.165, 1.54) is 0 Å². The van der Waals surface area contributed by atoms with E-state index < -0.39 is 0 Å². The van der Waals surface area contributed by atoms with Gasteiger partial charge < -0.3 is 5.32 Å². The number of nitrogens with one attached hydrogen (secondary N) is 1. The number of imidazole rings is 1. The Labute approximate surface area is 116 Å². The Bertz CT molecular complexity index is 637. The number of piperidine rings is 1. The van der Waals surface area contributed by atoms with Gasteiger partial charge in [-0.15, -0.1) is 11.6 Å². The second-order valence-corrected chi connectivity index (χ2v) is 5.05. The second-order valence-electron chi connectivity index (χ2n) is 4.78. The average Bonchev–Trinajstić information content (AvgIpc) is 2.79. The molecule has 1 amide bonds. The van der Waals surface area contributed by atoms with Crippen LogP contribution in [0.2, 0.25) is 0 Å². The molecule has 0 aromatic carbocycles. The van der Waals surface area contributed by atoms with Crippen LogP contribution in [0.15, 0.2) is 12.3 Å². The summed E-state index contributed by atoms with van der Waals surface area (Å²) in [5, 5.41) is 2.89. The highest BCUT2D eigenvalue weighted by Crippen LogP contribution is 2.27. The van der Waals surface area contributed by atoms with Crippen molar-refractivity contribution in [2.24, 2.45) is 0 Å². The molecular formula is C13H15ClN4O. The molecule has 1 unspecified atom stereocenters. The summed E-state index contributed by atoms with van der Waals surface area (Å²) in [4.78, 5) is 21.0. The van der Waals surface area contributed by atoms with E-state index in [2.05, 4.69) is 15.3 Å². The zero-order valence-electron chi connectivity index (χ0n) is 10.7. The van der Waals surface area contributed by atoms with Gasteiger partial charge in [-0.2, -0.15) is 0 Å². The molecule has 1 atom stereocenters. The molecule has 0 bridgehead atoms. The summed E-state index contributed by atoms with van der Waals surface area (Å²) in [5.74, 6) is 1.01. The third-order valence-corrected chi connectivity index (χ3v) is 3.78. The SMILES string of the molecule is Cc1ccnc2c1nc(CCl)n2C1CCCNC1=O. The van der Waals surface area contributed by atoms with E-state index >= 15 is 0 Å². The second kappa shape index (κ2) is 4.81. The van der Waals surface area contributed by atoms with Gasteiger partial charge in [-0.1, -0.05) is 0 Å². The molecule has 5 nitrogen and oxygen atoms in total. The average molecular weight is 279 g/mol. The highest BCUT2D eigenvalue weighted by atomic mass is 35.5. The number of aromatic nitrogens is 3. The molecule has 1 aliphatic heterocycles. The van der Waals surface area contributed by atoms with Crippen LogP contribution in [0.5, 0.6) is 0 Å². The molecule has 1 N–H and O–H groups in total. The molecule has 0 saturated carbocycles. The van der Waals surface area contributed by atoms with E-state index in [0.717, 1.165) is 36.1 Å². The number of halogens is 1. The first-order valence-electron chi connectivity index (χ1n) is 6.38. The van der Waals surface area contributed by atoms with Crippen LogP contribution in [0.4, 0.5) is 0 Å². The Morgan fingerprint density at radius 3 is 3.16 bits per heavy atom. The highest BCUT2D eigenvalue weighted by Gasteiger charge is 2.28. The van der Waals surface area contributed by atoms with Crippen LogP contribution in [0.1, 0.15) is 30.3 Å². The fourth-order valence-electron chi connectivity index (χ4n) is 2.58. The van der Waals surface area contributed by atoms with Crippen LogP contribution in [-0.2, 0) is 10.7 Å². The van der Waals surface area contributed by atoms with Gasteiger partial charge in [0.15, 0.2) is 5.65 Å². The predicted molar refractivity (Wildman–Crippen MR) is 73.1 cm³/mol. The van der Waals surface area contributed by atoms with E-state index in [1.54, 1.807) is 6.20 Å². The monoisotopic (exact) mass is 278 g/mol. The van der Waals surface area contributed by atoms with Gasteiger partial charge in [-0.05, 0) is 31.4 Å². The van der Waals surface area contributed by atoms with Crippen molar-refractivity contribution < 1.29 is 4.79 Å². The van der Waals surface area contributed by atoms with Crippen LogP contribution in [-0.4, -0.2) is 27.0 Å². The maximum absolute atomic E-state index is 12.1. The van der Waals surface area contributed by atoms with Crippen molar-refractivity contribution in [1.82, 2.24) is 19.9 Å². The number of hydrogen-bond acceptors (Lipinski definition) is 3. The number of carbonyl (C=O) groups excluding carboxylic acids is 1. The number of amides is 1.